The summed E-state index contributed by atoms with van der Waals surface area (Å²) in [6, 6.07) is 14.8. The van der Waals surface area contributed by atoms with Gasteiger partial charge in [-0.05, 0) is 35.6 Å². The quantitative estimate of drug-likeness (QED) is 0.827. The van der Waals surface area contributed by atoms with Crippen LogP contribution in [0.3, 0.4) is 0 Å². The summed E-state index contributed by atoms with van der Waals surface area (Å²) in [4.78, 5) is 1.99. The Kier molecular flexibility index (Phi) is 4.07. The van der Waals surface area contributed by atoms with Crippen molar-refractivity contribution in [2.24, 2.45) is 4.40 Å². The zero-order valence-electron chi connectivity index (χ0n) is 13.7. The molecule has 4 rings (SSSR count). The molecular weight excluding hydrogens is 339 g/mol. The molecule has 2 heterocycles. The monoisotopic (exact) mass is 358 g/mol. The van der Waals surface area contributed by atoms with E-state index >= 15 is 0 Å². The van der Waals surface area contributed by atoms with Crippen LogP contribution in [0, 0.1) is 5.82 Å². The third-order valence-electron chi connectivity index (χ3n) is 4.89. The van der Waals surface area contributed by atoms with Crippen molar-refractivity contribution >= 4 is 15.9 Å². The SMILES string of the molecule is O=S1(=O)CCN2CCCC(c3ccc(-c4ccccc4)cc3F)C2=N1. The molecule has 25 heavy (non-hydrogen) atoms. The van der Waals surface area contributed by atoms with E-state index in [-0.39, 0.29) is 17.5 Å². The molecular formula is C19H19FN2O2S. The lowest BCUT2D eigenvalue weighted by Crippen LogP contribution is -2.46. The molecule has 1 unspecified atom stereocenters. The second-order valence-corrected chi connectivity index (χ2v) is 8.27. The van der Waals surface area contributed by atoms with Crippen LogP contribution in [0.4, 0.5) is 4.39 Å². The molecule has 0 bridgehead atoms. The van der Waals surface area contributed by atoms with Crippen LogP contribution >= 0.6 is 0 Å². The molecule has 2 aliphatic heterocycles. The molecule has 1 saturated heterocycles. The van der Waals surface area contributed by atoms with E-state index in [0.717, 1.165) is 24.1 Å². The van der Waals surface area contributed by atoms with Gasteiger partial charge in [-0.15, -0.1) is 4.40 Å². The lowest BCUT2D eigenvalue weighted by Gasteiger charge is -2.38. The minimum atomic E-state index is -3.43. The van der Waals surface area contributed by atoms with Gasteiger partial charge in [0.1, 0.15) is 11.7 Å². The smallest absolute Gasteiger partial charge is 0.256 e. The Bertz CT molecular complexity index is 926. The average molecular weight is 358 g/mol. The Balaban J connectivity index is 1.73. The maximum atomic E-state index is 14.8. The van der Waals surface area contributed by atoms with Crippen LogP contribution in [0.2, 0.25) is 0 Å². The van der Waals surface area contributed by atoms with Crippen LogP contribution < -0.4 is 0 Å². The van der Waals surface area contributed by atoms with Crippen molar-refractivity contribution in [3.8, 4) is 11.1 Å². The summed E-state index contributed by atoms with van der Waals surface area (Å²) in [5.74, 6) is -0.0602. The van der Waals surface area contributed by atoms with Crippen molar-refractivity contribution in [2.45, 2.75) is 18.8 Å². The molecule has 4 nitrogen and oxygen atoms in total. The Hall–Kier alpha value is -2.21. The number of amidine groups is 1. The van der Waals surface area contributed by atoms with Crippen molar-refractivity contribution in [3.05, 3.63) is 59.9 Å². The lowest BCUT2D eigenvalue weighted by atomic mass is 9.88. The molecule has 2 aromatic rings. The minimum Gasteiger partial charge on any atom is -0.358 e. The molecule has 0 aromatic heterocycles. The van der Waals surface area contributed by atoms with Gasteiger partial charge in [0.2, 0.25) is 0 Å². The van der Waals surface area contributed by atoms with Gasteiger partial charge in [0.25, 0.3) is 10.0 Å². The predicted octanol–water partition coefficient (Wildman–Crippen LogP) is 3.41. The van der Waals surface area contributed by atoms with Gasteiger partial charge in [0, 0.05) is 19.0 Å². The summed E-state index contributed by atoms with van der Waals surface area (Å²) < 4.78 is 42.6. The summed E-state index contributed by atoms with van der Waals surface area (Å²) in [6.45, 7) is 1.23. The molecule has 1 fully saturated rings. The Morgan fingerprint density at radius 3 is 2.60 bits per heavy atom. The Morgan fingerprint density at radius 2 is 1.84 bits per heavy atom. The fourth-order valence-corrected chi connectivity index (χ4v) is 4.70. The summed E-state index contributed by atoms with van der Waals surface area (Å²) in [7, 11) is -3.43. The Labute approximate surface area is 147 Å². The van der Waals surface area contributed by atoms with Crippen molar-refractivity contribution in [2.75, 3.05) is 18.8 Å². The van der Waals surface area contributed by atoms with Gasteiger partial charge in [-0.1, -0.05) is 42.5 Å². The molecule has 0 spiro atoms. The molecule has 2 aliphatic rings. The number of nitrogens with zero attached hydrogens (tertiary/aromatic N) is 2. The maximum Gasteiger partial charge on any atom is 0.256 e. The fraction of sp³-hybridized carbons (Fsp3) is 0.316. The predicted molar refractivity (Wildman–Crippen MR) is 96.6 cm³/mol. The van der Waals surface area contributed by atoms with Gasteiger partial charge >= 0.3 is 0 Å². The molecule has 0 saturated carbocycles. The van der Waals surface area contributed by atoms with E-state index in [1.807, 2.05) is 41.3 Å². The highest BCUT2D eigenvalue weighted by Gasteiger charge is 2.34. The number of sulfonamides is 1. The number of fused-ring (bicyclic) bond motifs is 1. The zero-order valence-corrected chi connectivity index (χ0v) is 14.5. The van der Waals surface area contributed by atoms with Crippen LogP contribution in [0.1, 0.15) is 24.3 Å². The first-order valence-electron chi connectivity index (χ1n) is 8.46. The van der Waals surface area contributed by atoms with E-state index in [1.165, 1.54) is 6.07 Å². The highest BCUT2D eigenvalue weighted by Crippen LogP contribution is 2.34. The van der Waals surface area contributed by atoms with E-state index < -0.39 is 10.0 Å². The molecule has 0 amide bonds. The first-order chi connectivity index (χ1) is 12.0. The molecule has 2 aromatic carbocycles. The van der Waals surface area contributed by atoms with Gasteiger partial charge in [0.05, 0.1) is 5.75 Å². The number of piperidine rings is 1. The number of hydrogen-bond acceptors (Lipinski definition) is 3. The normalized spacial score (nSPS) is 22.2. The van der Waals surface area contributed by atoms with Crippen LogP contribution in [0.15, 0.2) is 52.9 Å². The lowest BCUT2D eigenvalue weighted by molar-refractivity contribution is 0.363. The van der Waals surface area contributed by atoms with E-state index in [2.05, 4.69) is 4.40 Å². The number of rotatable bonds is 2. The van der Waals surface area contributed by atoms with Gasteiger partial charge in [-0.2, -0.15) is 0 Å². The number of halogens is 1. The third kappa shape index (κ3) is 3.18. The first-order valence-corrected chi connectivity index (χ1v) is 10.1. The van der Waals surface area contributed by atoms with E-state index in [1.54, 1.807) is 6.07 Å². The van der Waals surface area contributed by atoms with Crippen LogP contribution in [0.25, 0.3) is 11.1 Å². The second-order valence-electron chi connectivity index (χ2n) is 6.52. The average Bonchev–Trinajstić information content (AvgIpc) is 2.61. The van der Waals surface area contributed by atoms with Gasteiger partial charge in [-0.25, -0.2) is 12.8 Å². The maximum absolute atomic E-state index is 14.8. The van der Waals surface area contributed by atoms with Crippen molar-refractivity contribution in [3.63, 3.8) is 0 Å². The minimum absolute atomic E-state index is 0.0403. The van der Waals surface area contributed by atoms with Gasteiger partial charge in [0.15, 0.2) is 0 Å². The molecule has 130 valence electrons. The number of hydrogen-bond donors (Lipinski definition) is 0. The largest absolute Gasteiger partial charge is 0.358 e. The zero-order chi connectivity index (χ0) is 17.4. The number of benzene rings is 2. The molecule has 6 heteroatoms. The Morgan fingerprint density at radius 1 is 1.04 bits per heavy atom. The van der Waals surface area contributed by atoms with Crippen molar-refractivity contribution < 1.29 is 12.8 Å². The molecule has 1 atom stereocenters. The van der Waals surface area contributed by atoms with Gasteiger partial charge < -0.3 is 4.90 Å². The summed E-state index contributed by atoms with van der Waals surface area (Å²) >= 11 is 0. The molecule has 0 aliphatic carbocycles. The first kappa shape index (κ1) is 16.3. The standard InChI is InChI=1S/C19H19FN2O2S/c20-18-13-15(14-5-2-1-3-6-14)8-9-16(18)17-7-4-10-22-11-12-25(23,24)21-19(17)22/h1-3,5-6,8-9,13,17H,4,7,10-12H2. The second kappa shape index (κ2) is 6.26. The van der Waals surface area contributed by atoms with Crippen molar-refractivity contribution in [1.29, 1.82) is 0 Å². The van der Waals surface area contributed by atoms with E-state index in [0.29, 0.717) is 24.4 Å². The van der Waals surface area contributed by atoms with E-state index in [4.69, 9.17) is 0 Å². The molecule has 0 N–H and O–H groups in total. The summed E-state index contributed by atoms with van der Waals surface area (Å²) in [5.41, 5.74) is 2.30. The third-order valence-corrected chi connectivity index (χ3v) is 6.05. The van der Waals surface area contributed by atoms with Crippen molar-refractivity contribution in [1.82, 2.24) is 4.90 Å². The fourth-order valence-electron chi connectivity index (χ4n) is 3.63. The van der Waals surface area contributed by atoms with E-state index in [9.17, 15) is 12.8 Å². The van der Waals surface area contributed by atoms with Crippen LogP contribution in [0.5, 0.6) is 0 Å². The van der Waals surface area contributed by atoms with Crippen LogP contribution in [-0.4, -0.2) is 38.0 Å². The highest BCUT2D eigenvalue weighted by molar-refractivity contribution is 7.90. The highest BCUT2D eigenvalue weighted by atomic mass is 32.2. The topological polar surface area (TPSA) is 49.7 Å². The summed E-state index contributed by atoms with van der Waals surface area (Å²) in [5, 5.41) is 0. The molecule has 0 radical (unpaired) electrons. The van der Waals surface area contributed by atoms with Crippen LogP contribution in [-0.2, 0) is 10.0 Å². The van der Waals surface area contributed by atoms with Gasteiger partial charge in [-0.3, -0.25) is 0 Å². The summed E-state index contributed by atoms with van der Waals surface area (Å²) in [6.07, 6.45) is 1.62.